The smallest absolute Gasteiger partial charge is 0.252 e. The average Bonchev–Trinajstić information content (AvgIpc) is 2.88. The van der Waals surface area contributed by atoms with Crippen LogP contribution in [0.4, 0.5) is 0 Å². The largest absolute Gasteiger partial charge is 0.369 e. The van der Waals surface area contributed by atoms with E-state index in [9.17, 15) is 18.3 Å². The number of carbonyl (C=O) groups excluding carboxylic acids is 1. The molecule has 8 heteroatoms. The zero-order valence-corrected chi connectivity index (χ0v) is 14.8. The van der Waals surface area contributed by atoms with Gasteiger partial charge >= 0.3 is 0 Å². The maximum Gasteiger partial charge on any atom is 0.252 e. The maximum absolute atomic E-state index is 12.3. The maximum atomic E-state index is 12.3. The molecule has 0 fully saturated rings. The lowest BCUT2D eigenvalue weighted by Crippen LogP contribution is -2.43. The molecular formula is C16H15BrN2O4S. The van der Waals surface area contributed by atoms with Gasteiger partial charge in [-0.1, -0.05) is 30.3 Å². The van der Waals surface area contributed by atoms with Crippen molar-refractivity contribution in [1.82, 2.24) is 10.6 Å². The Morgan fingerprint density at radius 3 is 2.62 bits per heavy atom. The first-order valence-electron chi connectivity index (χ1n) is 7.19. The fourth-order valence-electron chi connectivity index (χ4n) is 2.50. The van der Waals surface area contributed by atoms with Crippen LogP contribution in [0.2, 0.25) is 0 Å². The molecule has 0 spiro atoms. The third kappa shape index (κ3) is 3.61. The van der Waals surface area contributed by atoms with Gasteiger partial charge in [0, 0.05) is 9.89 Å². The predicted molar refractivity (Wildman–Crippen MR) is 94.4 cm³/mol. The lowest BCUT2D eigenvalue weighted by Gasteiger charge is -2.25. The molecule has 0 radical (unpaired) electrons. The van der Waals surface area contributed by atoms with Crippen LogP contribution in [0, 0.1) is 0 Å². The van der Waals surface area contributed by atoms with Crippen molar-refractivity contribution < 1.29 is 18.3 Å². The van der Waals surface area contributed by atoms with Crippen LogP contribution in [0.15, 0.2) is 57.9 Å². The standard InChI is InChI=1S/C16H15BrN2O4S/c17-13-8-12(15(20)18-11-6-7-24(22,23)9-11)16(21)19-14(13)10-4-2-1-3-5-10/h1-8,11,16,19,21H,9H2,(H,18,20)/t11-,16?/m1/s1. The van der Waals surface area contributed by atoms with Crippen molar-refractivity contribution in [2.75, 3.05) is 5.75 Å². The molecule has 6 nitrogen and oxygen atoms in total. The normalized spacial score (nSPS) is 25.2. The summed E-state index contributed by atoms with van der Waals surface area (Å²) in [5, 5.41) is 16.8. The molecule has 2 heterocycles. The van der Waals surface area contributed by atoms with Crippen LogP contribution in [0.1, 0.15) is 5.56 Å². The van der Waals surface area contributed by atoms with Crippen LogP contribution in [0.25, 0.3) is 5.70 Å². The Labute approximate surface area is 148 Å². The number of hydrogen-bond acceptors (Lipinski definition) is 5. The zero-order valence-electron chi connectivity index (χ0n) is 12.4. The molecule has 0 aliphatic carbocycles. The van der Waals surface area contributed by atoms with Crippen molar-refractivity contribution in [2.24, 2.45) is 0 Å². The highest BCUT2D eigenvalue weighted by Crippen LogP contribution is 2.28. The van der Waals surface area contributed by atoms with Gasteiger partial charge in [-0.25, -0.2) is 8.42 Å². The van der Waals surface area contributed by atoms with E-state index in [1.165, 1.54) is 12.2 Å². The molecule has 0 saturated heterocycles. The summed E-state index contributed by atoms with van der Waals surface area (Å²) in [7, 11) is -3.25. The van der Waals surface area contributed by atoms with Crippen LogP contribution in [-0.2, 0) is 14.6 Å². The SMILES string of the molecule is O=C(N[C@@H]1C=CS(=O)(=O)C1)C1=CC(Br)=C(c2ccccc2)NC1O. The number of allylic oxidation sites excluding steroid dienone is 2. The Bertz CT molecular complexity index is 859. The van der Waals surface area contributed by atoms with Crippen LogP contribution >= 0.6 is 15.9 Å². The highest BCUT2D eigenvalue weighted by molar-refractivity contribution is 9.12. The third-order valence-corrected chi connectivity index (χ3v) is 5.69. The first-order valence-corrected chi connectivity index (χ1v) is 9.70. The molecule has 0 saturated carbocycles. The van der Waals surface area contributed by atoms with E-state index in [2.05, 4.69) is 26.6 Å². The quantitative estimate of drug-likeness (QED) is 0.691. The summed E-state index contributed by atoms with van der Waals surface area (Å²) in [4.78, 5) is 12.3. The van der Waals surface area contributed by atoms with Crippen LogP contribution in [0.5, 0.6) is 0 Å². The highest BCUT2D eigenvalue weighted by atomic mass is 79.9. The van der Waals surface area contributed by atoms with Gasteiger partial charge in [0.1, 0.15) is 0 Å². The van der Waals surface area contributed by atoms with Crippen molar-refractivity contribution in [3.63, 3.8) is 0 Å². The summed E-state index contributed by atoms with van der Waals surface area (Å²) in [6.07, 6.45) is 1.77. The number of carbonyl (C=O) groups is 1. The lowest BCUT2D eigenvalue weighted by molar-refractivity contribution is -0.118. The Hall–Kier alpha value is -1.90. The van der Waals surface area contributed by atoms with E-state index in [-0.39, 0.29) is 11.3 Å². The number of aliphatic hydroxyl groups excluding tert-OH is 1. The number of dihydropyridines is 1. The second-order valence-corrected chi connectivity index (χ2v) is 8.26. The average molecular weight is 411 g/mol. The predicted octanol–water partition coefficient (Wildman–Crippen LogP) is 1.02. The summed E-state index contributed by atoms with van der Waals surface area (Å²) < 4.78 is 23.4. The van der Waals surface area contributed by atoms with Gasteiger partial charge in [-0.2, -0.15) is 0 Å². The summed E-state index contributed by atoms with van der Waals surface area (Å²) in [6.45, 7) is 0. The fraction of sp³-hybridized carbons (Fsp3) is 0.188. The van der Waals surface area contributed by atoms with Gasteiger partial charge in [0.15, 0.2) is 16.1 Å². The fourth-order valence-corrected chi connectivity index (χ4v) is 4.33. The molecule has 2 aliphatic heterocycles. The van der Waals surface area contributed by atoms with Gasteiger partial charge in [-0.3, -0.25) is 4.79 Å². The van der Waals surface area contributed by atoms with Gasteiger partial charge in [-0.15, -0.1) is 0 Å². The molecule has 1 amide bonds. The minimum atomic E-state index is -3.25. The van der Waals surface area contributed by atoms with E-state index in [1.54, 1.807) is 0 Å². The van der Waals surface area contributed by atoms with Crippen molar-refractivity contribution in [3.8, 4) is 0 Å². The molecular weight excluding hydrogens is 396 g/mol. The number of benzene rings is 1. The molecule has 3 rings (SSSR count). The van der Waals surface area contributed by atoms with Crippen LogP contribution < -0.4 is 10.6 Å². The number of nitrogens with one attached hydrogen (secondary N) is 2. The molecule has 24 heavy (non-hydrogen) atoms. The van der Waals surface area contributed by atoms with E-state index in [0.29, 0.717) is 10.2 Å². The number of hydrogen-bond donors (Lipinski definition) is 3. The molecule has 1 aromatic rings. The summed E-state index contributed by atoms with van der Waals surface area (Å²) in [5.74, 6) is -0.687. The van der Waals surface area contributed by atoms with E-state index in [4.69, 9.17) is 0 Å². The molecule has 126 valence electrons. The van der Waals surface area contributed by atoms with Crippen LogP contribution in [0.3, 0.4) is 0 Å². The molecule has 2 atom stereocenters. The minimum Gasteiger partial charge on any atom is -0.369 e. The van der Waals surface area contributed by atoms with E-state index in [0.717, 1.165) is 11.0 Å². The summed E-state index contributed by atoms with van der Waals surface area (Å²) in [5.41, 5.74) is 1.64. The molecule has 0 aromatic heterocycles. The Balaban J connectivity index is 1.80. The highest BCUT2D eigenvalue weighted by Gasteiger charge is 2.29. The number of rotatable bonds is 3. The summed E-state index contributed by atoms with van der Waals surface area (Å²) >= 11 is 3.40. The van der Waals surface area contributed by atoms with Gasteiger partial charge in [-0.05, 0) is 33.6 Å². The van der Waals surface area contributed by atoms with E-state index >= 15 is 0 Å². The topological polar surface area (TPSA) is 95.5 Å². The molecule has 3 N–H and O–H groups in total. The number of aliphatic hydroxyl groups is 1. The Morgan fingerprint density at radius 1 is 1.29 bits per heavy atom. The monoisotopic (exact) mass is 410 g/mol. The second kappa shape index (κ2) is 6.54. The number of halogens is 1. The summed E-state index contributed by atoms with van der Waals surface area (Å²) in [6, 6.07) is 8.79. The Kier molecular flexibility index (Phi) is 4.62. The molecule has 1 unspecified atom stereocenters. The van der Waals surface area contributed by atoms with Gasteiger partial charge in [0.25, 0.3) is 5.91 Å². The molecule has 0 bridgehead atoms. The first-order chi connectivity index (χ1) is 11.4. The molecule has 1 aromatic carbocycles. The zero-order chi connectivity index (χ0) is 17.3. The third-order valence-electron chi connectivity index (χ3n) is 3.67. The van der Waals surface area contributed by atoms with E-state index < -0.39 is 28.0 Å². The van der Waals surface area contributed by atoms with Crippen molar-refractivity contribution >= 4 is 37.4 Å². The van der Waals surface area contributed by atoms with Crippen molar-refractivity contribution in [2.45, 2.75) is 12.3 Å². The van der Waals surface area contributed by atoms with Crippen molar-refractivity contribution in [3.05, 3.63) is 63.5 Å². The number of amides is 1. The van der Waals surface area contributed by atoms with Gasteiger partial charge < -0.3 is 15.7 Å². The van der Waals surface area contributed by atoms with Gasteiger partial charge in [0.2, 0.25) is 0 Å². The second-order valence-electron chi connectivity index (χ2n) is 5.47. The van der Waals surface area contributed by atoms with Gasteiger partial charge in [0.05, 0.1) is 23.1 Å². The first kappa shape index (κ1) is 16.9. The lowest BCUT2D eigenvalue weighted by atomic mass is 10.0. The van der Waals surface area contributed by atoms with E-state index in [1.807, 2.05) is 30.3 Å². The molecule has 2 aliphatic rings. The van der Waals surface area contributed by atoms with Crippen molar-refractivity contribution in [1.29, 1.82) is 0 Å². The number of sulfone groups is 1. The Morgan fingerprint density at radius 2 is 2.00 bits per heavy atom. The van der Waals surface area contributed by atoms with Crippen LogP contribution in [-0.4, -0.2) is 37.5 Å². The minimum absolute atomic E-state index is 0.110.